The van der Waals surface area contributed by atoms with Crippen molar-refractivity contribution in [1.82, 2.24) is 5.32 Å². The van der Waals surface area contributed by atoms with Gasteiger partial charge in [0.1, 0.15) is 0 Å². The van der Waals surface area contributed by atoms with Gasteiger partial charge < -0.3 is 10.1 Å². The van der Waals surface area contributed by atoms with E-state index in [1.54, 1.807) is 0 Å². The lowest BCUT2D eigenvalue weighted by atomic mass is 9.97. The highest BCUT2D eigenvalue weighted by Crippen LogP contribution is 2.18. The summed E-state index contributed by atoms with van der Waals surface area (Å²) in [5.41, 5.74) is 0. The molecule has 0 amide bonds. The zero-order chi connectivity index (χ0) is 14.6. The van der Waals surface area contributed by atoms with Crippen LogP contribution in [0.25, 0.3) is 0 Å². The Morgan fingerprint density at radius 2 is 1.24 bits per heavy atom. The minimum absolute atomic E-state index is 0.539. The summed E-state index contributed by atoms with van der Waals surface area (Å²) in [6, 6.07) is 0.771. The first-order valence-electron chi connectivity index (χ1n) is 9.80. The van der Waals surface area contributed by atoms with Crippen molar-refractivity contribution in [2.24, 2.45) is 0 Å². The average molecular weight is 296 g/mol. The Morgan fingerprint density at radius 1 is 0.667 bits per heavy atom. The van der Waals surface area contributed by atoms with Gasteiger partial charge >= 0.3 is 0 Å². The summed E-state index contributed by atoms with van der Waals surface area (Å²) < 4.78 is 5.84. The molecule has 1 atom stereocenters. The summed E-state index contributed by atoms with van der Waals surface area (Å²) in [5.74, 6) is 0. The lowest BCUT2D eigenvalue weighted by Gasteiger charge is -2.24. The van der Waals surface area contributed by atoms with E-state index < -0.39 is 0 Å². The Kier molecular flexibility index (Phi) is 9.45. The summed E-state index contributed by atoms with van der Waals surface area (Å²) in [6.45, 7) is 2.16. The molecule has 1 unspecified atom stereocenters. The second kappa shape index (κ2) is 11.5. The zero-order valence-electron chi connectivity index (χ0n) is 14.1. The van der Waals surface area contributed by atoms with Gasteiger partial charge in [0.05, 0.1) is 6.10 Å². The third kappa shape index (κ3) is 8.21. The molecular weight excluding hydrogens is 258 g/mol. The molecule has 0 aromatic carbocycles. The summed E-state index contributed by atoms with van der Waals surface area (Å²) in [4.78, 5) is 0. The van der Waals surface area contributed by atoms with Crippen molar-refractivity contribution in [2.75, 3.05) is 13.2 Å². The molecule has 1 heterocycles. The molecule has 1 aliphatic heterocycles. The van der Waals surface area contributed by atoms with Crippen LogP contribution in [0.15, 0.2) is 0 Å². The Bertz CT molecular complexity index is 226. The molecule has 1 saturated heterocycles. The molecule has 2 aliphatic rings. The standard InChI is InChI=1S/C19H37NO/c1-2-4-6-8-12-18(13-9-7-5-3-1)20-16-15-19-14-10-11-17-21-19/h18-20H,1-17H2. The van der Waals surface area contributed by atoms with Crippen molar-refractivity contribution in [3.63, 3.8) is 0 Å². The zero-order valence-corrected chi connectivity index (χ0v) is 14.1. The van der Waals surface area contributed by atoms with Crippen LogP contribution in [0.1, 0.15) is 96.3 Å². The third-order valence-electron chi connectivity index (χ3n) is 5.28. The fraction of sp³-hybridized carbons (Fsp3) is 1.00. The topological polar surface area (TPSA) is 21.3 Å². The summed E-state index contributed by atoms with van der Waals surface area (Å²) >= 11 is 0. The Hall–Kier alpha value is -0.0800. The van der Waals surface area contributed by atoms with Crippen LogP contribution < -0.4 is 5.32 Å². The molecule has 0 aromatic heterocycles. The highest BCUT2D eigenvalue weighted by molar-refractivity contribution is 4.71. The molecule has 2 fully saturated rings. The number of ether oxygens (including phenoxy) is 1. The van der Waals surface area contributed by atoms with Crippen LogP contribution in [0.3, 0.4) is 0 Å². The molecule has 21 heavy (non-hydrogen) atoms. The van der Waals surface area contributed by atoms with Crippen LogP contribution in [0.5, 0.6) is 0 Å². The largest absolute Gasteiger partial charge is 0.378 e. The molecule has 124 valence electrons. The SMILES string of the molecule is C1CCCCCC(NCCC2CCCCO2)CCCCC1. The fourth-order valence-corrected chi connectivity index (χ4v) is 3.85. The number of hydrogen-bond acceptors (Lipinski definition) is 2. The predicted molar refractivity (Wildman–Crippen MR) is 90.8 cm³/mol. The lowest BCUT2D eigenvalue weighted by Crippen LogP contribution is -2.33. The molecule has 1 N–H and O–H groups in total. The van der Waals surface area contributed by atoms with Crippen LogP contribution in [0.4, 0.5) is 0 Å². The van der Waals surface area contributed by atoms with Gasteiger partial charge in [0, 0.05) is 12.6 Å². The van der Waals surface area contributed by atoms with Gasteiger partial charge in [-0.2, -0.15) is 0 Å². The fourth-order valence-electron chi connectivity index (χ4n) is 3.85. The Balaban J connectivity index is 1.60. The first-order valence-corrected chi connectivity index (χ1v) is 9.80. The minimum atomic E-state index is 0.539. The lowest BCUT2D eigenvalue weighted by molar-refractivity contribution is 0.0111. The van der Waals surface area contributed by atoms with E-state index in [-0.39, 0.29) is 0 Å². The van der Waals surface area contributed by atoms with Gasteiger partial charge in [-0.05, 0) is 45.1 Å². The molecule has 1 aliphatic carbocycles. The molecule has 2 heteroatoms. The van der Waals surface area contributed by atoms with Gasteiger partial charge in [0.2, 0.25) is 0 Å². The van der Waals surface area contributed by atoms with Gasteiger partial charge in [0.25, 0.3) is 0 Å². The summed E-state index contributed by atoms with van der Waals surface area (Å²) in [5, 5.41) is 3.84. The molecule has 0 bridgehead atoms. The van der Waals surface area contributed by atoms with Crippen molar-refractivity contribution in [2.45, 2.75) is 108 Å². The maximum absolute atomic E-state index is 5.84. The number of nitrogens with one attached hydrogen (secondary N) is 1. The van der Waals surface area contributed by atoms with Gasteiger partial charge in [-0.15, -0.1) is 0 Å². The maximum atomic E-state index is 5.84. The van der Waals surface area contributed by atoms with Gasteiger partial charge in [-0.3, -0.25) is 0 Å². The summed E-state index contributed by atoms with van der Waals surface area (Å²) in [6.07, 6.45) is 21.6. The van der Waals surface area contributed by atoms with Crippen molar-refractivity contribution in [1.29, 1.82) is 0 Å². The second-order valence-electron chi connectivity index (χ2n) is 7.19. The van der Waals surface area contributed by atoms with Crippen LogP contribution in [-0.4, -0.2) is 25.3 Å². The Morgan fingerprint density at radius 3 is 1.81 bits per heavy atom. The van der Waals surface area contributed by atoms with Crippen molar-refractivity contribution < 1.29 is 4.74 Å². The van der Waals surface area contributed by atoms with E-state index in [0.717, 1.165) is 19.2 Å². The molecule has 0 aromatic rings. The highest BCUT2D eigenvalue weighted by Gasteiger charge is 2.14. The first-order chi connectivity index (χ1) is 10.4. The molecule has 0 radical (unpaired) electrons. The van der Waals surface area contributed by atoms with Crippen LogP contribution in [-0.2, 0) is 4.74 Å². The van der Waals surface area contributed by atoms with Crippen molar-refractivity contribution in [3.8, 4) is 0 Å². The van der Waals surface area contributed by atoms with E-state index in [9.17, 15) is 0 Å². The van der Waals surface area contributed by atoms with Crippen LogP contribution >= 0.6 is 0 Å². The molecule has 1 saturated carbocycles. The third-order valence-corrected chi connectivity index (χ3v) is 5.28. The quantitative estimate of drug-likeness (QED) is 0.769. The van der Waals surface area contributed by atoms with E-state index in [2.05, 4.69) is 5.32 Å². The molecular formula is C19H37NO. The van der Waals surface area contributed by atoms with Gasteiger partial charge in [0.15, 0.2) is 0 Å². The normalized spacial score (nSPS) is 27.7. The van der Waals surface area contributed by atoms with Crippen molar-refractivity contribution in [3.05, 3.63) is 0 Å². The Labute approximate surface area is 132 Å². The number of rotatable bonds is 4. The van der Waals surface area contributed by atoms with E-state index in [1.807, 2.05) is 0 Å². The molecule has 0 spiro atoms. The smallest absolute Gasteiger partial charge is 0.0587 e. The van der Waals surface area contributed by atoms with Gasteiger partial charge in [-0.1, -0.05) is 57.8 Å². The average Bonchev–Trinajstić information content (AvgIpc) is 2.51. The van der Waals surface area contributed by atoms with E-state index in [4.69, 9.17) is 4.74 Å². The first kappa shape index (κ1) is 17.3. The molecule has 2 nitrogen and oxygen atoms in total. The highest BCUT2D eigenvalue weighted by atomic mass is 16.5. The van der Waals surface area contributed by atoms with Crippen LogP contribution in [0, 0.1) is 0 Å². The summed E-state index contributed by atoms with van der Waals surface area (Å²) in [7, 11) is 0. The molecule has 2 rings (SSSR count). The van der Waals surface area contributed by atoms with Crippen molar-refractivity contribution >= 4 is 0 Å². The maximum Gasteiger partial charge on any atom is 0.0587 e. The number of hydrogen-bond donors (Lipinski definition) is 1. The minimum Gasteiger partial charge on any atom is -0.378 e. The van der Waals surface area contributed by atoms with E-state index >= 15 is 0 Å². The van der Waals surface area contributed by atoms with Crippen LogP contribution in [0.2, 0.25) is 0 Å². The predicted octanol–water partition coefficient (Wildman–Crippen LogP) is 5.21. The second-order valence-corrected chi connectivity index (χ2v) is 7.19. The van der Waals surface area contributed by atoms with E-state index in [1.165, 1.54) is 96.3 Å². The van der Waals surface area contributed by atoms with E-state index in [0.29, 0.717) is 6.10 Å². The van der Waals surface area contributed by atoms with Gasteiger partial charge in [-0.25, -0.2) is 0 Å². The monoisotopic (exact) mass is 295 g/mol.